The number of hydrogen-bond acceptors (Lipinski definition) is 10. The summed E-state index contributed by atoms with van der Waals surface area (Å²) in [5, 5.41) is 24.6. The topological polar surface area (TPSA) is 120 Å². The molecule has 2 amide bonds. The number of β-lactam (4-membered cyclic amide) rings is 1. The van der Waals surface area contributed by atoms with Crippen molar-refractivity contribution in [3.8, 4) is 0 Å². The van der Waals surface area contributed by atoms with Gasteiger partial charge in [-0.1, -0.05) is 6.92 Å². The third-order valence-electron chi connectivity index (χ3n) is 7.22. The number of aliphatic hydroxyl groups is 1. The molecule has 3 saturated heterocycles. The van der Waals surface area contributed by atoms with E-state index >= 15 is 0 Å². The predicted octanol–water partition coefficient (Wildman–Crippen LogP) is -0.728. The summed E-state index contributed by atoms with van der Waals surface area (Å²) in [6, 6.07) is -0.332. The fourth-order valence-electron chi connectivity index (χ4n) is 5.20. The molecule has 1 aromatic rings. The second-order valence-corrected chi connectivity index (χ2v) is 11.7. The lowest BCUT2D eigenvalue weighted by Gasteiger charge is -2.47. The van der Waals surface area contributed by atoms with Crippen LogP contribution in [0.1, 0.15) is 24.3 Å². The maximum absolute atomic E-state index is 12.8. The van der Waals surface area contributed by atoms with Crippen molar-refractivity contribution in [1.82, 2.24) is 19.7 Å². The highest BCUT2D eigenvalue weighted by Crippen LogP contribution is 2.52. The number of amides is 2. The predicted molar refractivity (Wildman–Crippen MR) is 126 cm³/mol. The summed E-state index contributed by atoms with van der Waals surface area (Å²) in [4.78, 5) is 49.7. The molecule has 0 spiro atoms. The van der Waals surface area contributed by atoms with Gasteiger partial charge in [0.05, 0.1) is 29.7 Å². The van der Waals surface area contributed by atoms with Gasteiger partial charge in [0.25, 0.3) is 5.91 Å². The van der Waals surface area contributed by atoms with Crippen LogP contribution in [0, 0.1) is 11.8 Å². The Morgan fingerprint density at radius 3 is 2.56 bits per heavy atom. The van der Waals surface area contributed by atoms with E-state index in [1.165, 1.54) is 28.0 Å². The molecule has 1 N–H and O–H groups in total. The van der Waals surface area contributed by atoms with Crippen molar-refractivity contribution in [1.29, 1.82) is 0 Å². The minimum atomic E-state index is -1.35. The molecule has 34 heavy (non-hydrogen) atoms. The summed E-state index contributed by atoms with van der Waals surface area (Å²) in [7, 11) is 2.05. The number of rotatable bonds is 6. The number of thioether (sulfide) groups is 1. The number of carbonyl (C=O) groups excluding carboxylic acids is 3. The molecule has 5 heterocycles. The smallest absolute Gasteiger partial charge is 0.273 e. The van der Waals surface area contributed by atoms with Gasteiger partial charge < -0.3 is 34.6 Å². The Labute approximate surface area is 206 Å². The number of piperazine rings is 1. The van der Waals surface area contributed by atoms with E-state index in [0.29, 0.717) is 36.8 Å². The van der Waals surface area contributed by atoms with Crippen LogP contribution in [0.2, 0.25) is 0 Å². The molecular formula is C22H28N5O5S2-. The monoisotopic (exact) mass is 506 g/mol. The summed E-state index contributed by atoms with van der Waals surface area (Å²) in [6.07, 6.45) is -0.824. The normalized spacial score (nSPS) is 28.6. The van der Waals surface area contributed by atoms with Crippen LogP contribution >= 0.6 is 23.1 Å². The number of anilines is 1. The van der Waals surface area contributed by atoms with Gasteiger partial charge in [-0.25, -0.2) is 4.98 Å². The molecule has 12 heteroatoms. The van der Waals surface area contributed by atoms with Crippen molar-refractivity contribution in [3.05, 3.63) is 21.7 Å². The van der Waals surface area contributed by atoms with Crippen molar-refractivity contribution in [2.45, 2.75) is 31.2 Å². The van der Waals surface area contributed by atoms with E-state index in [1.54, 1.807) is 12.3 Å². The van der Waals surface area contributed by atoms with Crippen LogP contribution in [-0.4, -0.2) is 106 Å². The molecule has 0 radical (unpaired) electrons. The summed E-state index contributed by atoms with van der Waals surface area (Å²) in [6.45, 7) is 7.95. The number of carbonyl (C=O) groups is 3. The maximum atomic E-state index is 12.8. The zero-order valence-corrected chi connectivity index (χ0v) is 21.0. The van der Waals surface area contributed by atoms with Gasteiger partial charge in [0, 0.05) is 60.7 Å². The SMILES string of the molecule is C[C@@H](O)[C@H]1C(=O)N2C(C(=O)[O-])=C(SC3CN(c4nc(C(=O)N5CCN(C)CC5)cs4)C3)[C@H](C)[C@H]12. The number of thiazole rings is 1. The van der Waals surface area contributed by atoms with Crippen molar-refractivity contribution in [2.75, 3.05) is 51.2 Å². The van der Waals surface area contributed by atoms with Gasteiger partial charge in [0.1, 0.15) is 5.69 Å². The molecule has 0 saturated carbocycles. The van der Waals surface area contributed by atoms with Crippen LogP contribution in [0.4, 0.5) is 5.13 Å². The van der Waals surface area contributed by atoms with Crippen LogP contribution in [0.3, 0.4) is 0 Å². The number of aliphatic hydroxyl groups excluding tert-OH is 1. The summed E-state index contributed by atoms with van der Waals surface area (Å²) >= 11 is 2.92. The van der Waals surface area contributed by atoms with Gasteiger partial charge in [-0.05, 0) is 14.0 Å². The van der Waals surface area contributed by atoms with Gasteiger partial charge in [-0.2, -0.15) is 0 Å². The van der Waals surface area contributed by atoms with E-state index in [4.69, 9.17) is 0 Å². The molecular weight excluding hydrogens is 478 g/mol. The van der Waals surface area contributed by atoms with Crippen LogP contribution in [0.5, 0.6) is 0 Å². The second-order valence-electron chi connectivity index (χ2n) is 9.51. The highest BCUT2D eigenvalue weighted by atomic mass is 32.2. The Balaban J connectivity index is 1.21. The van der Waals surface area contributed by atoms with Crippen LogP contribution in [0.25, 0.3) is 0 Å². The number of likely N-dealkylation sites (N-methyl/N-ethyl adjacent to an activating group) is 1. The van der Waals surface area contributed by atoms with E-state index in [-0.39, 0.29) is 34.7 Å². The Morgan fingerprint density at radius 1 is 1.26 bits per heavy atom. The summed E-state index contributed by atoms with van der Waals surface area (Å²) in [5.74, 6) is -2.48. The molecule has 184 valence electrons. The maximum Gasteiger partial charge on any atom is 0.273 e. The molecule has 5 rings (SSSR count). The molecule has 4 atom stereocenters. The van der Waals surface area contributed by atoms with Gasteiger partial charge in [-0.15, -0.1) is 23.1 Å². The molecule has 3 fully saturated rings. The first-order valence-electron chi connectivity index (χ1n) is 11.5. The zero-order valence-electron chi connectivity index (χ0n) is 19.3. The van der Waals surface area contributed by atoms with Crippen LogP contribution in [0.15, 0.2) is 16.0 Å². The first-order valence-corrected chi connectivity index (χ1v) is 13.2. The third kappa shape index (κ3) is 3.80. The number of carboxylic acid groups (broad SMARTS) is 1. The zero-order chi connectivity index (χ0) is 24.3. The highest BCUT2D eigenvalue weighted by molar-refractivity contribution is 8.03. The molecule has 4 aliphatic rings. The molecule has 0 bridgehead atoms. The average Bonchev–Trinajstić information content (AvgIpc) is 3.32. The molecule has 10 nitrogen and oxygen atoms in total. The number of hydrogen-bond donors (Lipinski definition) is 1. The van der Waals surface area contributed by atoms with Crippen molar-refractivity contribution < 1.29 is 24.6 Å². The third-order valence-corrected chi connectivity index (χ3v) is 9.57. The van der Waals surface area contributed by atoms with Gasteiger partial charge >= 0.3 is 0 Å². The second kappa shape index (κ2) is 8.81. The van der Waals surface area contributed by atoms with Crippen molar-refractivity contribution in [3.63, 3.8) is 0 Å². The van der Waals surface area contributed by atoms with Gasteiger partial charge in [-0.3, -0.25) is 9.59 Å². The van der Waals surface area contributed by atoms with E-state index in [1.807, 2.05) is 18.9 Å². The Bertz CT molecular complexity index is 1040. The quantitative estimate of drug-likeness (QED) is 0.498. The molecule has 0 aliphatic carbocycles. The Kier molecular flexibility index (Phi) is 6.11. The largest absolute Gasteiger partial charge is 0.543 e. The Hall–Kier alpha value is -2.15. The number of fused-ring (bicyclic) bond motifs is 1. The number of nitrogens with zero attached hydrogens (tertiary/aromatic N) is 5. The summed E-state index contributed by atoms with van der Waals surface area (Å²) in [5.41, 5.74) is 0.427. The molecule has 1 aromatic heterocycles. The molecule has 4 aliphatic heterocycles. The Morgan fingerprint density at radius 2 is 1.94 bits per heavy atom. The van der Waals surface area contributed by atoms with Crippen LogP contribution < -0.4 is 10.0 Å². The summed E-state index contributed by atoms with van der Waals surface area (Å²) < 4.78 is 0. The van der Waals surface area contributed by atoms with E-state index in [9.17, 15) is 24.6 Å². The fraction of sp³-hybridized carbons (Fsp3) is 0.636. The average molecular weight is 507 g/mol. The van der Waals surface area contributed by atoms with E-state index < -0.39 is 18.0 Å². The van der Waals surface area contributed by atoms with Gasteiger partial charge in [0.2, 0.25) is 5.91 Å². The lowest BCUT2D eigenvalue weighted by molar-refractivity contribution is -0.301. The molecule has 0 unspecified atom stereocenters. The number of aromatic nitrogens is 1. The lowest BCUT2D eigenvalue weighted by atomic mass is 9.79. The number of carboxylic acids is 1. The first kappa shape index (κ1) is 23.6. The lowest BCUT2D eigenvalue weighted by Crippen LogP contribution is -2.64. The molecule has 0 aromatic carbocycles. The first-order chi connectivity index (χ1) is 16.2. The minimum absolute atomic E-state index is 0.0348. The van der Waals surface area contributed by atoms with Crippen molar-refractivity contribution >= 4 is 46.0 Å². The highest BCUT2D eigenvalue weighted by Gasteiger charge is 2.59. The van der Waals surface area contributed by atoms with Crippen LogP contribution in [-0.2, 0) is 9.59 Å². The van der Waals surface area contributed by atoms with E-state index in [0.717, 1.165) is 18.2 Å². The standard InChI is InChI=1S/C22H29N5O5S2/c1-11-16-15(12(2)28)20(30)27(16)17(21(31)32)18(11)34-13-8-26(9-13)22-23-14(10-33-22)19(29)25-6-4-24(3)5-7-25/h10-13,15-16,28H,4-9H2,1-3H3,(H,31,32)/p-1/t11-,12-,15-,16-/m1/s1. The minimum Gasteiger partial charge on any atom is -0.543 e. The number of aliphatic carboxylic acids is 1. The van der Waals surface area contributed by atoms with E-state index in [2.05, 4.69) is 14.8 Å². The van der Waals surface area contributed by atoms with Gasteiger partial charge in [0.15, 0.2) is 5.13 Å². The van der Waals surface area contributed by atoms with Crippen molar-refractivity contribution in [2.24, 2.45) is 11.8 Å². The fourth-order valence-corrected chi connectivity index (χ4v) is 7.53.